The van der Waals surface area contributed by atoms with E-state index >= 15 is 0 Å². The highest BCUT2D eigenvalue weighted by Crippen LogP contribution is 2.39. The summed E-state index contributed by atoms with van der Waals surface area (Å²) < 4.78 is 20.8. The highest BCUT2D eigenvalue weighted by molar-refractivity contribution is 5.97. The average Bonchev–Trinajstić information content (AvgIpc) is 2.88. The molecule has 0 aliphatic carbocycles. The van der Waals surface area contributed by atoms with Crippen LogP contribution in [0.3, 0.4) is 0 Å². The van der Waals surface area contributed by atoms with Gasteiger partial charge in [-0.3, -0.25) is 9.48 Å². The number of carbonyl (C=O) groups is 1. The molecule has 1 aromatic heterocycles. The van der Waals surface area contributed by atoms with Gasteiger partial charge in [-0.05, 0) is 55.3 Å². The van der Waals surface area contributed by atoms with Gasteiger partial charge in [-0.2, -0.15) is 5.10 Å². The number of benzene rings is 2. The zero-order valence-corrected chi connectivity index (χ0v) is 14.8. The number of aryl methyl sites for hydroxylation is 3. The van der Waals surface area contributed by atoms with Gasteiger partial charge in [-0.1, -0.05) is 6.07 Å². The molecule has 1 aliphatic rings. The first-order chi connectivity index (χ1) is 12.4. The summed E-state index contributed by atoms with van der Waals surface area (Å²) in [7, 11) is 1.87. The maximum Gasteiger partial charge on any atom is 0.262 e. The molecular weight excluding hydrogens is 333 g/mol. The van der Waals surface area contributed by atoms with Crippen LogP contribution in [0.1, 0.15) is 11.3 Å². The van der Waals surface area contributed by atoms with Gasteiger partial charge in [0.1, 0.15) is 11.6 Å². The predicted octanol–water partition coefficient (Wildman–Crippen LogP) is 3.84. The minimum atomic E-state index is -0.261. The fraction of sp³-hybridized carbons (Fsp3) is 0.200. The Labute approximate surface area is 150 Å². The Morgan fingerprint density at radius 1 is 1.19 bits per heavy atom. The summed E-state index contributed by atoms with van der Waals surface area (Å²) in [6, 6.07) is 10.4. The number of rotatable bonds is 2. The van der Waals surface area contributed by atoms with E-state index in [1.54, 1.807) is 10.7 Å². The van der Waals surface area contributed by atoms with E-state index in [9.17, 15) is 9.18 Å². The Morgan fingerprint density at radius 2 is 2.00 bits per heavy atom. The van der Waals surface area contributed by atoms with Crippen molar-refractivity contribution < 1.29 is 13.9 Å². The maximum atomic E-state index is 13.5. The maximum absolute atomic E-state index is 13.5. The van der Waals surface area contributed by atoms with Crippen LogP contribution in [-0.4, -0.2) is 22.3 Å². The van der Waals surface area contributed by atoms with E-state index in [1.807, 2.05) is 39.1 Å². The number of ether oxygens (including phenoxy) is 1. The summed E-state index contributed by atoms with van der Waals surface area (Å²) in [6.07, 6.45) is 0. The van der Waals surface area contributed by atoms with Crippen LogP contribution in [0.25, 0.3) is 22.4 Å². The fourth-order valence-corrected chi connectivity index (χ4v) is 3.45. The molecule has 0 spiro atoms. The van der Waals surface area contributed by atoms with Crippen molar-refractivity contribution in [3.05, 3.63) is 53.5 Å². The van der Waals surface area contributed by atoms with E-state index in [0.717, 1.165) is 33.6 Å². The molecule has 1 amide bonds. The number of nitrogens with zero attached hydrogens (tertiary/aromatic N) is 2. The van der Waals surface area contributed by atoms with Crippen molar-refractivity contribution in [1.82, 2.24) is 9.78 Å². The predicted molar refractivity (Wildman–Crippen MR) is 97.6 cm³/mol. The number of amides is 1. The van der Waals surface area contributed by atoms with E-state index in [4.69, 9.17) is 4.74 Å². The van der Waals surface area contributed by atoms with Crippen molar-refractivity contribution >= 4 is 11.6 Å². The summed E-state index contributed by atoms with van der Waals surface area (Å²) in [5.41, 5.74) is 6.03. The largest absolute Gasteiger partial charge is 0.482 e. The second-order valence-electron chi connectivity index (χ2n) is 6.44. The van der Waals surface area contributed by atoms with Crippen molar-refractivity contribution in [3.63, 3.8) is 0 Å². The first-order valence-corrected chi connectivity index (χ1v) is 8.31. The van der Waals surface area contributed by atoms with Crippen molar-refractivity contribution in [2.75, 3.05) is 11.9 Å². The van der Waals surface area contributed by atoms with Gasteiger partial charge in [0.2, 0.25) is 0 Å². The number of fused-ring (bicyclic) bond motifs is 1. The van der Waals surface area contributed by atoms with Gasteiger partial charge in [0.25, 0.3) is 5.91 Å². The zero-order valence-electron chi connectivity index (χ0n) is 14.8. The third-order valence-corrected chi connectivity index (χ3v) is 4.57. The second-order valence-corrected chi connectivity index (χ2v) is 6.44. The number of hydrogen-bond acceptors (Lipinski definition) is 3. The summed E-state index contributed by atoms with van der Waals surface area (Å²) >= 11 is 0. The van der Waals surface area contributed by atoms with Gasteiger partial charge in [0, 0.05) is 18.2 Å². The lowest BCUT2D eigenvalue weighted by Crippen LogP contribution is -2.25. The lowest BCUT2D eigenvalue weighted by Gasteiger charge is -2.19. The number of hydrogen-bond donors (Lipinski definition) is 1. The Bertz CT molecular complexity index is 1040. The molecule has 132 valence electrons. The van der Waals surface area contributed by atoms with E-state index < -0.39 is 0 Å². The highest BCUT2D eigenvalue weighted by Gasteiger charge is 2.21. The number of anilines is 1. The van der Waals surface area contributed by atoms with Crippen LogP contribution in [0.5, 0.6) is 5.75 Å². The topological polar surface area (TPSA) is 56.2 Å². The Hall–Kier alpha value is -3.15. The Balaban J connectivity index is 1.91. The van der Waals surface area contributed by atoms with Crippen molar-refractivity contribution in [2.24, 2.45) is 7.05 Å². The summed E-state index contributed by atoms with van der Waals surface area (Å²) in [6.45, 7) is 3.84. The summed E-state index contributed by atoms with van der Waals surface area (Å²) in [5, 5.41) is 7.39. The van der Waals surface area contributed by atoms with E-state index in [0.29, 0.717) is 11.4 Å². The molecule has 0 fully saturated rings. The minimum absolute atomic E-state index is 0.0250. The van der Waals surface area contributed by atoms with Crippen molar-refractivity contribution in [3.8, 4) is 28.1 Å². The first kappa shape index (κ1) is 16.3. The van der Waals surface area contributed by atoms with Gasteiger partial charge in [-0.25, -0.2) is 4.39 Å². The second kappa shape index (κ2) is 5.98. The van der Waals surface area contributed by atoms with Crippen LogP contribution in [-0.2, 0) is 11.8 Å². The number of carbonyl (C=O) groups excluding carboxylic acids is 1. The van der Waals surface area contributed by atoms with Crippen LogP contribution < -0.4 is 10.1 Å². The smallest absolute Gasteiger partial charge is 0.262 e. The molecule has 0 saturated carbocycles. The molecule has 4 rings (SSSR count). The standard InChI is InChI=1S/C20H18FN3O2/c1-11-8-14(21)5-6-15(11)19-12(2)23-24(3)20(19)13-4-7-17-16(9-13)22-18(25)10-26-17/h4-9H,10H2,1-3H3,(H,22,25). The van der Waals surface area contributed by atoms with Crippen LogP contribution in [0.4, 0.5) is 10.1 Å². The Morgan fingerprint density at radius 3 is 2.77 bits per heavy atom. The van der Waals surface area contributed by atoms with Crippen LogP contribution in [0, 0.1) is 19.7 Å². The summed E-state index contributed by atoms with van der Waals surface area (Å²) in [4.78, 5) is 11.6. The lowest BCUT2D eigenvalue weighted by molar-refractivity contribution is -0.118. The molecule has 1 aliphatic heterocycles. The molecule has 0 radical (unpaired) electrons. The lowest BCUT2D eigenvalue weighted by atomic mass is 9.95. The molecule has 0 unspecified atom stereocenters. The molecular formula is C20H18FN3O2. The quantitative estimate of drug-likeness (QED) is 0.763. The van der Waals surface area contributed by atoms with Gasteiger partial charge in [0.15, 0.2) is 6.61 Å². The van der Waals surface area contributed by atoms with Crippen LogP contribution in [0.15, 0.2) is 36.4 Å². The van der Waals surface area contributed by atoms with E-state index in [1.165, 1.54) is 12.1 Å². The van der Waals surface area contributed by atoms with E-state index in [-0.39, 0.29) is 18.3 Å². The first-order valence-electron chi connectivity index (χ1n) is 8.31. The van der Waals surface area contributed by atoms with E-state index in [2.05, 4.69) is 10.4 Å². The molecule has 6 heteroatoms. The minimum Gasteiger partial charge on any atom is -0.482 e. The average molecular weight is 351 g/mol. The molecule has 2 aromatic carbocycles. The molecule has 5 nitrogen and oxygen atoms in total. The van der Waals surface area contributed by atoms with Crippen LogP contribution in [0.2, 0.25) is 0 Å². The number of aromatic nitrogens is 2. The van der Waals surface area contributed by atoms with Crippen molar-refractivity contribution in [2.45, 2.75) is 13.8 Å². The van der Waals surface area contributed by atoms with Gasteiger partial charge < -0.3 is 10.1 Å². The molecule has 0 saturated heterocycles. The third kappa shape index (κ3) is 2.63. The molecule has 0 atom stereocenters. The highest BCUT2D eigenvalue weighted by atomic mass is 19.1. The molecule has 2 heterocycles. The SMILES string of the molecule is Cc1cc(F)ccc1-c1c(C)nn(C)c1-c1ccc2c(c1)NC(=O)CO2. The zero-order chi connectivity index (χ0) is 18.4. The van der Waals surface area contributed by atoms with Gasteiger partial charge in [-0.15, -0.1) is 0 Å². The number of halogens is 1. The Kier molecular flexibility index (Phi) is 3.76. The third-order valence-electron chi connectivity index (χ3n) is 4.57. The molecule has 26 heavy (non-hydrogen) atoms. The molecule has 0 bridgehead atoms. The molecule has 1 N–H and O–H groups in total. The number of nitrogens with one attached hydrogen (secondary N) is 1. The van der Waals surface area contributed by atoms with Crippen molar-refractivity contribution in [1.29, 1.82) is 0 Å². The summed E-state index contributed by atoms with van der Waals surface area (Å²) in [5.74, 6) is 0.208. The normalized spacial score (nSPS) is 13.2. The molecule has 3 aromatic rings. The van der Waals surface area contributed by atoms with Crippen LogP contribution >= 0.6 is 0 Å². The van der Waals surface area contributed by atoms with Gasteiger partial charge in [0.05, 0.1) is 17.1 Å². The monoisotopic (exact) mass is 351 g/mol. The van der Waals surface area contributed by atoms with Gasteiger partial charge >= 0.3 is 0 Å². The fourth-order valence-electron chi connectivity index (χ4n) is 3.45.